The Balaban J connectivity index is 1.29. The van der Waals surface area contributed by atoms with Crippen LogP contribution in [0.2, 0.25) is 0 Å². The van der Waals surface area contributed by atoms with Gasteiger partial charge in [-0.15, -0.1) is 0 Å². The number of nitrogens with one attached hydrogen (secondary N) is 1. The fraction of sp³-hybridized carbons (Fsp3) is 0.185. The summed E-state index contributed by atoms with van der Waals surface area (Å²) in [7, 11) is 0. The number of amides is 1. The third kappa shape index (κ3) is 4.10. The summed E-state index contributed by atoms with van der Waals surface area (Å²) in [5.41, 5.74) is 6.09. The Bertz CT molecular complexity index is 1730. The van der Waals surface area contributed by atoms with Gasteiger partial charge >= 0.3 is 0 Å². The normalized spacial score (nSPS) is 16.5. The summed E-state index contributed by atoms with van der Waals surface area (Å²) in [6.45, 7) is 3.79. The molecule has 0 bridgehead atoms. The zero-order valence-electron chi connectivity index (χ0n) is 19.9. The Morgan fingerprint density at radius 3 is 2.76 bits per heavy atom. The van der Waals surface area contributed by atoms with E-state index >= 15 is 0 Å². The Labute approximate surface area is 210 Å². The molecule has 10 heteroatoms. The van der Waals surface area contributed by atoms with Gasteiger partial charge in [0.05, 0.1) is 23.2 Å². The maximum absolute atomic E-state index is 13.4. The second-order valence-corrected chi connectivity index (χ2v) is 9.10. The Morgan fingerprint density at radius 1 is 1.16 bits per heavy atom. The predicted molar refractivity (Wildman–Crippen MR) is 133 cm³/mol. The van der Waals surface area contributed by atoms with E-state index in [9.17, 15) is 9.18 Å². The maximum atomic E-state index is 13.4. The van der Waals surface area contributed by atoms with Crippen LogP contribution >= 0.6 is 0 Å². The van der Waals surface area contributed by atoms with Gasteiger partial charge in [0, 0.05) is 29.2 Å². The first-order valence-corrected chi connectivity index (χ1v) is 11.7. The van der Waals surface area contributed by atoms with Crippen LogP contribution in [0.4, 0.5) is 10.1 Å². The fourth-order valence-electron chi connectivity index (χ4n) is 4.25. The van der Waals surface area contributed by atoms with Crippen LogP contribution in [0.25, 0.3) is 28.0 Å². The van der Waals surface area contributed by atoms with Crippen molar-refractivity contribution in [3.05, 3.63) is 83.3 Å². The summed E-state index contributed by atoms with van der Waals surface area (Å²) in [6.07, 6.45) is 4.43. The molecule has 1 aliphatic rings. The van der Waals surface area contributed by atoms with Crippen LogP contribution in [0.5, 0.6) is 0 Å². The van der Waals surface area contributed by atoms with Gasteiger partial charge in [-0.2, -0.15) is 15.3 Å². The SMILES string of the molecule is Cc1ccc(-c2noc([C@H]3C[C@@H]3F)n2)cc1NC(=O)c1cnn2ccc(-c3cnc(C#N)cc3C)cc12. The lowest BCUT2D eigenvalue weighted by atomic mass is 10.0. The molecule has 182 valence electrons. The van der Waals surface area contributed by atoms with Crippen molar-refractivity contribution < 1.29 is 13.7 Å². The highest BCUT2D eigenvalue weighted by atomic mass is 19.1. The first kappa shape index (κ1) is 22.5. The monoisotopic (exact) mass is 493 g/mol. The molecule has 0 saturated heterocycles. The lowest BCUT2D eigenvalue weighted by molar-refractivity contribution is 0.102. The number of fused-ring (bicyclic) bond motifs is 1. The molecule has 1 fully saturated rings. The highest BCUT2D eigenvalue weighted by molar-refractivity contribution is 6.09. The summed E-state index contributed by atoms with van der Waals surface area (Å²) < 4.78 is 20.2. The van der Waals surface area contributed by atoms with Crippen LogP contribution in [-0.2, 0) is 0 Å². The van der Waals surface area contributed by atoms with Crippen molar-refractivity contribution >= 4 is 17.1 Å². The number of carbonyl (C=O) groups is 1. The van der Waals surface area contributed by atoms with Gasteiger partial charge in [-0.25, -0.2) is 13.9 Å². The van der Waals surface area contributed by atoms with Crippen molar-refractivity contribution in [2.75, 3.05) is 5.32 Å². The molecule has 0 aliphatic heterocycles. The number of pyridine rings is 2. The Morgan fingerprint density at radius 2 is 2.00 bits per heavy atom. The minimum Gasteiger partial charge on any atom is -0.339 e. The summed E-state index contributed by atoms with van der Waals surface area (Å²) in [4.78, 5) is 21.8. The molecule has 0 radical (unpaired) electrons. The van der Waals surface area contributed by atoms with Crippen LogP contribution in [0.15, 0.2) is 59.5 Å². The van der Waals surface area contributed by atoms with E-state index in [0.29, 0.717) is 46.2 Å². The van der Waals surface area contributed by atoms with E-state index in [2.05, 4.69) is 25.5 Å². The van der Waals surface area contributed by atoms with Gasteiger partial charge in [0.15, 0.2) is 0 Å². The summed E-state index contributed by atoms with van der Waals surface area (Å²) in [5, 5.41) is 20.4. The lowest BCUT2D eigenvalue weighted by Gasteiger charge is -2.10. The number of alkyl halides is 1. The number of halogens is 1. The number of nitrogens with zero attached hydrogens (tertiary/aromatic N) is 6. The number of carbonyl (C=O) groups excluding carboxylic acids is 1. The molecule has 4 aromatic heterocycles. The van der Waals surface area contributed by atoms with Gasteiger partial charge in [-0.05, 0) is 61.2 Å². The number of benzene rings is 1. The summed E-state index contributed by atoms with van der Waals surface area (Å²) in [5.74, 6) is -0.00972. The van der Waals surface area contributed by atoms with Gasteiger partial charge in [-0.3, -0.25) is 4.79 Å². The molecular weight excluding hydrogens is 473 g/mol. The van der Waals surface area contributed by atoms with E-state index in [1.165, 1.54) is 6.20 Å². The van der Waals surface area contributed by atoms with Gasteiger partial charge < -0.3 is 9.84 Å². The maximum Gasteiger partial charge on any atom is 0.259 e. The van der Waals surface area contributed by atoms with E-state index < -0.39 is 6.17 Å². The molecule has 2 atom stereocenters. The van der Waals surface area contributed by atoms with Crippen LogP contribution in [0, 0.1) is 25.2 Å². The lowest BCUT2D eigenvalue weighted by Crippen LogP contribution is -2.12. The summed E-state index contributed by atoms with van der Waals surface area (Å²) >= 11 is 0. The third-order valence-electron chi connectivity index (χ3n) is 6.52. The average Bonchev–Trinajstić information content (AvgIpc) is 3.28. The molecule has 9 nitrogen and oxygen atoms in total. The van der Waals surface area contributed by atoms with Crippen LogP contribution < -0.4 is 5.32 Å². The first-order chi connectivity index (χ1) is 17.9. The molecule has 37 heavy (non-hydrogen) atoms. The second-order valence-electron chi connectivity index (χ2n) is 9.10. The molecule has 1 aliphatic carbocycles. The highest BCUT2D eigenvalue weighted by Gasteiger charge is 2.43. The fourth-order valence-corrected chi connectivity index (χ4v) is 4.25. The molecule has 1 amide bonds. The molecule has 0 spiro atoms. The van der Waals surface area contributed by atoms with E-state index in [0.717, 1.165) is 22.3 Å². The number of anilines is 1. The predicted octanol–water partition coefficient (Wildman–Crippen LogP) is 5.01. The molecule has 6 rings (SSSR count). The number of hydrogen-bond acceptors (Lipinski definition) is 7. The Kier molecular flexibility index (Phi) is 5.26. The number of hydrogen-bond donors (Lipinski definition) is 1. The van der Waals surface area contributed by atoms with Gasteiger partial charge in [0.25, 0.3) is 5.91 Å². The van der Waals surface area contributed by atoms with Crippen molar-refractivity contribution in [3.8, 4) is 28.6 Å². The molecule has 1 N–H and O–H groups in total. The van der Waals surface area contributed by atoms with E-state index in [-0.39, 0.29) is 11.8 Å². The second kappa shape index (κ2) is 8.64. The standard InChI is InChI=1S/C27H20FN7O2/c1-14-3-4-17(25-33-27(37-34-25)19-10-22(19)28)8-23(14)32-26(36)21-13-31-35-6-5-16(9-24(21)35)20-12-30-18(11-29)7-15(20)2/h3-9,12-13,19,22H,10H2,1-2H3,(H,32,36)/t19-,22-/m0/s1. The smallest absolute Gasteiger partial charge is 0.259 e. The third-order valence-corrected chi connectivity index (χ3v) is 6.52. The highest BCUT2D eigenvalue weighted by Crippen LogP contribution is 2.43. The molecule has 1 aromatic carbocycles. The van der Waals surface area contributed by atoms with Crippen molar-refractivity contribution in [1.82, 2.24) is 24.7 Å². The van der Waals surface area contributed by atoms with E-state index in [1.54, 1.807) is 29.0 Å². The van der Waals surface area contributed by atoms with Crippen LogP contribution in [-0.4, -0.2) is 36.8 Å². The van der Waals surface area contributed by atoms with E-state index in [1.807, 2.05) is 44.2 Å². The molecule has 5 aromatic rings. The number of aryl methyl sites for hydroxylation is 2. The molecule has 1 saturated carbocycles. The quantitative estimate of drug-likeness (QED) is 0.365. The van der Waals surface area contributed by atoms with Gasteiger partial charge in [0.1, 0.15) is 17.9 Å². The van der Waals surface area contributed by atoms with Crippen molar-refractivity contribution in [1.29, 1.82) is 5.26 Å². The minimum absolute atomic E-state index is 0.295. The van der Waals surface area contributed by atoms with Crippen molar-refractivity contribution in [2.45, 2.75) is 32.4 Å². The minimum atomic E-state index is -0.926. The molecule has 4 heterocycles. The largest absolute Gasteiger partial charge is 0.339 e. The zero-order valence-corrected chi connectivity index (χ0v) is 19.9. The summed E-state index contributed by atoms with van der Waals surface area (Å²) in [6, 6.07) is 13.0. The number of rotatable bonds is 5. The average molecular weight is 494 g/mol. The zero-order chi connectivity index (χ0) is 25.7. The van der Waals surface area contributed by atoms with Crippen molar-refractivity contribution in [3.63, 3.8) is 0 Å². The van der Waals surface area contributed by atoms with Crippen LogP contribution in [0.1, 0.15) is 45.4 Å². The number of nitriles is 1. The first-order valence-electron chi connectivity index (χ1n) is 11.7. The van der Waals surface area contributed by atoms with E-state index in [4.69, 9.17) is 9.78 Å². The Hall–Kier alpha value is -4.91. The van der Waals surface area contributed by atoms with Crippen molar-refractivity contribution in [2.24, 2.45) is 0 Å². The molecule has 0 unspecified atom stereocenters. The number of aromatic nitrogens is 5. The van der Waals surface area contributed by atoms with Crippen LogP contribution in [0.3, 0.4) is 0 Å². The topological polar surface area (TPSA) is 122 Å². The van der Waals surface area contributed by atoms with Gasteiger partial charge in [0.2, 0.25) is 11.7 Å². The van der Waals surface area contributed by atoms with Gasteiger partial charge in [-0.1, -0.05) is 17.3 Å². The molecular formula is C27H20FN7O2.